The summed E-state index contributed by atoms with van der Waals surface area (Å²) < 4.78 is 27.2. The van der Waals surface area contributed by atoms with Crippen LogP contribution in [0.1, 0.15) is 33.1 Å². The number of nitrogens with zero attached hydrogens (tertiary/aromatic N) is 3. The molecule has 3 rings (SSSR count). The lowest BCUT2D eigenvalue weighted by Crippen LogP contribution is -2.51. The van der Waals surface area contributed by atoms with Gasteiger partial charge in [-0.1, -0.05) is 18.2 Å². The summed E-state index contributed by atoms with van der Waals surface area (Å²) in [7, 11) is -2.36. The van der Waals surface area contributed by atoms with Gasteiger partial charge in [-0.25, -0.2) is 8.42 Å². The van der Waals surface area contributed by atoms with Gasteiger partial charge < -0.3 is 4.90 Å². The van der Waals surface area contributed by atoms with Crippen molar-refractivity contribution in [2.24, 2.45) is 0 Å². The molecule has 6 nitrogen and oxygen atoms in total. The molecule has 2 atom stereocenters. The standard InChI is InChI=1S/C19H25N3O3S/c1-14-7-4-8-15(2)22(14)18(23)13-21(3)26(24,25)17-11-5-9-16-10-6-12-20-19(16)17/h5-6,9-12,14-15H,4,7-8,13H2,1-3H3. The average Bonchev–Trinajstić information content (AvgIpc) is 2.61. The van der Waals surface area contributed by atoms with Crippen LogP contribution in [0.5, 0.6) is 0 Å². The largest absolute Gasteiger partial charge is 0.336 e. The summed E-state index contributed by atoms with van der Waals surface area (Å²) in [5, 5.41) is 0.756. The first-order valence-electron chi connectivity index (χ1n) is 8.93. The van der Waals surface area contributed by atoms with E-state index >= 15 is 0 Å². The van der Waals surface area contributed by atoms with Crippen LogP contribution < -0.4 is 0 Å². The number of hydrogen-bond donors (Lipinski definition) is 0. The number of fused-ring (bicyclic) bond motifs is 1. The van der Waals surface area contributed by atoms with Crippen LogP contribution in [0.2, 0.25) is 0 Å². The van der Waals surface area contributed by atoms with Gasteiger partial charge in [-0.3, -0.25) is 9.78 Å². The Hall–Kier alpha value is -1.99. The average molecular weight is 375 g/mol. The lowest BCUT2D eigenvalue weighted by atomic mass is 9.97. The number of likely N-dealkylation sites (tertiary alicyclic amines) is 1. The molecule has 0 spiro atoms. The van der Waals surface area contributed by atoms with Gasteiger partial charge in [0.1, 0.15) is 4.90 Å². The van der Waals surface area contributed by atoms with Crippen molar-refractivity contribution in [1.82, 2.24) is 14.2 Å². The van der Waals surface area contributed by atoms with Gasteiger partial charge in [0.2, 0.25) is 15.9 Å². The third kappa shape index (κ3) is 3.46. The van der Waals surface area contributed by atoms with Gasteiger partial charge in [0.25, 0.3) is 0 Å². The first-order chi connectivity index (χ1) is 12.3. The third-order valence-electron chi connectivity index (χ3n) is 5.12. The van der Waals surface area contributed by atoms with E-state index in [0.717, 1.165) is 29.0 Å². The molecule has 1 fully saturated rings. The predicted molar refractivity (Wildman–Crippen MR) is 101 cm³/mol. The van der Waals surface area contributed by atoms with E-state index in [9.17, 15) is 13.2 Å². The maximum absolute atomic E-state index is 13.0. The fraction of sp³-hybridized carbons (Fsp3) is 0.474. The number of pyridine rings is 1. The molecule has 26 heavy (non-hydrogen) atoms. The Morgan fingerprint density at radius 3 is 2.54 bits per heavy atom. The van der Waals surface area contributed by atoms with E-state index in [2.05, 4.69) is 4.98 Å². The Labute approximate surface area is 154 Å². The molecule has 0 radical (unpaired) electrons. The Morgan fingerprint density at radius 2 is 1.85 bits per heavy atom. The zero-order chi connectivity index (χ0) is 18.9. The number of carbonyl (C=O) groups is 1. The lowest BCUT2D eigenvalue weighted by molar-refractivity contribution is -0.137. The van der Waals surface area contributed by atoms with Crippen LogP contribution in [0, 0.1) is 0 Å². The second kappa shape index (κ2) is 7.32. The molecule has 7 heteroatoms. The van der Waals surface area contributed by atoms with E-state index in [-0.39, 0.29) is 29.4 Å². The smallest absolute Gasteiger partial charge is 0.245 e. The van der Waals surface area contributed by atoms with Gasteiger partial charge in [-0.05, 0) is 45.2 Å². The Balaban J connectivity index is 1.86. The molecular weight excluding hydrogens is 350 g/mol. The van der Waals surface area contributed by atoms with Crippen molar-refractivity contribution < 1.29 is 13.2 Å². The number of para-hydroxylation sites is 1. The Morgan fingerprint density at radius 1 is 1.19 bits per heavy atom. The van der Waals surface area contributed by atoms with Gasteiger partial charge in [0.05, 0.1) is 12.1 Å². The first-order valence-corrected chi connectivity index (χ1v) is 10.4. The highest BCUT2D eigenvalue weighted by Crippen LogP contribution is 2.25. The minimum Gasteiger partial charge on any atom is -0.336 e. The zero-order valence-corrected chi connectivity index (χ0v) is 16.2. The molecular formula is C19H25N3O3S. The van der Waals surface area contributed by atoms with Crippen molar-refractivity contribution >= 4 is 26.8 Å². The van der Waals surface area contributed by atoms with E-state index in [4.69, 9.17) is 0 Å². The topological polar surface area (TPSA) is 70.6 Å². The molecule has 2 heterocycles. The van der Waals surface area contributed by atoms with Gasteiger partial charge >= 0.3 is 0 Å². The second-order valence-electron chi connectivity index (χ2n) is 7.02. The number of benzene rings is 1. The molecule has 2 aromatic rings. The van der Waals surface area contributed by atoms with E-state index < -0.39 is 10.0 Å². The quantitative estimate of drug-likeness (QED) is 0.824. The maximum atomic E-state index is 13.0. The molecule has 1 saturated heterocycles. The summed E-state index contributed by atoms with van der Waals surface area (Å²) in [4.78, 5) is 19.0. The lowest BCUT2D eigenvalue weighted by Gasteiger charge is -2.39. The highest BCUT2D eigenvalue weighted by molar-refractivity contribution is 7.89. The minimum atomic E-state index is -3.81. The summed E-state index contributed by atoms with van der Waals surface area (Å²) in [6.07, 6.45) is 4.59. The van der Waals surface area contributed by atoms with Gasteiger partial charge in [0.15, 0.2) is 0 Å². The molecule has 0 saturated carbocycles. The summed E-state index contributed by atoms with van der Waals surface area (Å²) in [5.74, 6) is -0.149. The molecule has 1 aromatic heterocycles. The SMILES string of the molecule is CC1CCCC(C)N1C(=O)CN(C)S(=O)(=O)c1cccc2cccnc12. The molecule has 0 aliphatic carbocycles. The first kappa shape index (κ1) is 18.8. The maximum Gasteiger partial charge on any atom is 0.245 e. The van der Waals surface area contributed by atoms with Gasteiger partial charge in [-0.15, -0.1) is 0 Å². The van der Waals surface area contributed by atoms with Crippen LogP contribution >= 0.6 is 0 Å². The summed E-state index contributed by atoms with van der Waals surface area (Å²) >= 11 is 0. The van der Waals surface area contributed by atoms with Crippen LogP contribution in [-0.4, -0.2) is 54.2 Å². The molecule has 1 aliphatic rings. The summed E-state index contributed by atoms with van der Waals surface area (Å²) in [6.45, 7) is 3.88. The zero-order valence-electron chi connectivity index (χ0n) is 15.4. The number of hydrogen-bond acceptors (Lipinski definition) is 4. The summed E-state index contributed by atoms with van der Waals surface area (Å²) in [5.41, 5.74) is 0.425. The fourth-order valence-electron chi connectivity index (χ4n) is 3.72. The molecule has 1 aliphatic heterocycles. The molecule has 2 unspecified atom stereocenters. The van der Waals surface area contributed by atoms with Crippen molar-refractivity contribution in [3.05, 3.63) is 36.5 Å². The number of amides is 1. The summed E-state index contributed by atoms with van der Waals surface area (Å²) in [6, 6.07) is 8.93. The van der Waals surface area contributed by atoms with E-state index in [1.54, 1.807) is 18.3 Å². The van der Waals surface area contributed by atoms with E-state index in [0.29, 0.717) is 5.52 Å². The number of piperidine rings is 1. The van der Waals surface area contributed by atoms with Gasteiger partial charge in [-0.2, -0.15) is 4.31 Å². The third-order valence-corrected chi connectivity index (χ3v) is 6.96. The van der Waals surface area contributed by atoms with Crippen LogP contribution in [0.25, 0.3) is 10.9 Å². The highest BCUT2D eigenvalue weighted by Gasteiger charge is 2.32. The molecule has 1 aromatic carbocycles. The number of likely N-dealkylation sites (N-methyl/N-ethyl adjacent to an activating group) is 1. The highest BCUT2D eigenvalue weighted by atomic mass is 32.2. The monoisotopic (exact) mass is 375 g/mol. The second-order valence-corrected chi connectivity index (χ2v) is 9.04. The number of carbonyl (C=O) groups excluding carboxylic acids is 1. The Bertz CT molecular complexity index is 898. The Kier molecular flexibility index (Phi) is 5.29. The van der Waals surface area contributed by atoms with Crippen molar-refractivity contribution in [1.29, 1.82) is 0 Å². The van der Waals surface area contributed by atoms with E-state index in [1.807, 2.05) is 30.9 Å². The van der Waals surface area contributed by atoms with E-state index in [1.165, 1.54) is 13.1 Å². The molecule has 140 valence electrons. The molecule has 0 bridgehead atoms. The van der Waals surface area contributed by atoms with Crippen LogP contribution in [0.4, 0.5) is 0 Å². The number of sulfonamides is 1. The van der Waals surface area contributed by atoms with Crippen molar-refractivity contribution in [3.63, 3.8) is 0 Å². The molecule has 1 amide bonds. The van der Waals surface area contributed by atoms with Crippen molar-refractivity contribution in [2.75, 3.05) is 13.6 Å². The fourth-order valence-corrected chi connectivity index (χ4v) is 5.00. The number of aromatic nitrogens is 1. The van der Waals surface area contributed by atoms with Crippen LogP contribution in [0.15, 0.2) is 41.4 Å². The van der Waals surface area contributed by atoms with Crippen molar-refractivity contribution in [3.8, 4) is 0 Å². The van der Waals surface area contributed by atoms with Crippen LogP contribution in [-0.2, 0) is 14.8 Å². The minimum absolute atomic E-state index is 0.130. The van der Waals surface area contributed by atoms with Crippen LogP contribution in [0.3, 0.4) is 0 Å². The van der Waals surface area contributed by atoms with Crippen molar-refractivity contribution in [2.45, 2.75) is 50.1 Å². The molecule has 0 N–H and O–H groups in total. The van der Waals surface area contributed by atoms with Gasteiger partial charge in [0, 0.05) is 30.7 Å². The predicted octanol–water partition coefficient (Wildman–Crippen LogP) is 2.64. The normalized spacial score (nSPS) is 21.3. The number of rotatable bonds is 4.